The molecule has 0 radical (unpaired) electrons. The highest BCUT2D eigenvalue weighted by Crippen LogP contribution is 2.24. The molecule has 2 heterocycles. The van der Waals surface area contributed by atoms with E-state index in [0.29, 0.717) is 19.4 Å². The van der Waals surface area contributed by atoms with E-state index in [1.54, 1.807) is 21.9 Å². The highest BCUT2D eigenvalue weighted by Gasteiger charge is 2.33. The summed E-state index contributed by atoms with van der Waals surface area (Å²) in [4.78, 5) is 14.1. The SMILES string of the molecule is O=C(Cn1cccc1)N1CCC[C@H](S(=O)(=O)c2ccc(F)cc2)C1. The van der Waals surface area contributed by atoms with E-state index in [0.717, 1.165) is 12.1 Å². The molecule has 1 fully saturated rings. The van der Waals surface area contributed by atoms with Gasteiger partial charge in [0.15, 0.2) is 9.84 Å². The van der Waals surface area contributed by atoms with E-state index in [-0.39, 0.29) is 23.9 Å². The lowest BCUT2D eigenvalue weighted by Gasteiger charge is -2.32. The van der Waals surface area contributed by atoms with Gasteiger partial charge in [0.25, 0.3) is 0 Å². The number of benzene rings is 1. The molecule has 5 nitrogen and oxygen atoms in total. The monoisotopic (exact) mass is 350 g/mol. The van der Waals surface area contributed by atoms with Crippen LogP contribution in [-0.2, 0) is 21.2 Å². The van der Waals surface area contributed by atoms with Gasteiger partial charge in [-0.1, -0.05) is 0 Å². The summed E-state index contributed by atoms with van der Waals surface area (Å²) in [6.07, 6.45) is 4.75. The Morgan fingerprint density at radius 3 is 2.50 bits per heavy atom. The Morgan fingerprint density at radius 1 is 1.17 bits per heavy atom. The Balaban J connectivity index is 1.72. The van der Waals surface area contributed by atoms with Gasteiger partial charge in [-0.05, 0) is 49.2 Å². The number of rotatable bonds is 4. The first-order valence-electron chi connectivity index (χ1n) is 7.85. The van der Waals surface area contributed by atoms with Crippen LogP contribution >= 0.6 is 0 Å². The molecule has 3 rings (SSSR count). The number of halogens is 1. The number of sulfone groups is 1. The molecule has 1 aliphatic rings. The van der Waals surface area contributed by atoms with Crippen LogP contribution in [0.15, 0.2) is 53.7 Å². The van der Waals surface area contributed by atoms with E-state index in [1.807, 2.05) is 12.1 Å². The number of hydrogen-bond donors (Lipinski definition) is 0. The van der Waals surface area contributed by atoms with Gasteiger partial charge in [0.05, 0.1) is 10.1 Å². The van der Waals surface area contributed by atoms with Crippen LogP contribution in [0.25, 0.3) is 0 Å². The second-order valence-corrected chi connectivity index (χ2v) is 8.19. The zero-order valence-electron chi connectivity index (χ0n) is 13.1. The molecule has 1 aromatic heterocycles. The summed E-state index contributed by atoms with van der Waals surface area (Å²) in [6.45, 7) is 0.950. The number of carbonyl (C=O) groups is 1. The molecule has 0 bridgehead atoms. The van der Waals surface area contributed by atoms with Gasteiger partial charge in [-0.3, -0.25) is 4.79 Å². The predicted molar refractivity (Wildman–Crippen MR) is 87.6 cm³/mol. The van der Waals surface area contributed by atoms with Crippen molar-refractivity contribution in [3.05, 3.63) is 54.6 Å². The van der Waals surface area contributed by atoms with Crippen LogP contribution in [0.5, 0.6) is 0 Å². The van der Waals surface area contributed by atoms with Crippen LogP contribution in [0.3, 0.4) is 0 Å². The average molecular weight is 350 g/mol. The number of piperidine rings is 1. The third kappa shape index (κ3) is 3.51. The normalized spacial score (nSPS) is 18.5. The Bertz CT molecular complexity index is 801. The van der Waals surface area contributed by atoms with Gasteiger partial charge in [0.1, 0.15) is 12.4 Å². The summed E-state index contributed by atoms with van der Waals surface area (Å²) >= 11 is 0. The molecular formula is C17H19FN2O3S. The van der Waals surface area contributed by atoms with E-state index in [9.17, 15) is 17.6 Å². The maximum atomic E-state index is 13.0. The van der Waals surface area contributed by atoms with Gasteiger partial charge in [0.2, 0.25) is 5.91 Å². The molecule has 128 valence electrons. The molecule has 0 N–H and O–H groups in total. The molecule has 1 saturated heterocycles. The number of carbonyl (C=O) groups excluding carboxylic acids is 1. The van der Waals surface area contributed by atoms with Crippen molar-refractivity contribution in [2.75, 3.05) is 13.1 Å². The van der Waals surface area contributed by atoms with E-state index >= 15 is 0 Å². The fraction of sp³-hybridized carbons (Fsp3) is 0.353. The minimum Gasteiger partial charge on any atom is -0.345 e. The molecular weight excluding hydrogens is 331 g/mol. The van der Waals surface area contributed by atoms with Crippen molar-refractivity contribution in [3.63, 3.8) is 0 Å². The quantitative estimate of drug-likeness (QED) is 0.794. The van der Waals surface area contributed by atoms with E-state index in [4.69, 9.17) is 0 Å². The zero-order chi connectivity index (χ0) is 17.2. The topological polar surface area (TPSA) is 59.4 Å². The lowest BCUT2D eigenvalue weighted by atomic mass is 10.1. The Kier molecular flexibility index (Phi) is 4.71. The Labute approximate surface area is 140 Å². The van der Waals surface area contributed by atoms with Gasteiger partial charge in [-0.15, -0.1) is 0 Å². The predicted octanol–water partition coefficient (Wildman–Crippen LogP) is 2.09. The molecule has 1 aromatic carbocycles. The highest BCUT2D eigenvalue weighted by atomic mass is 32.2. The third-order valence-electron chi connectivity index (χ3n) is 4.30. The fourth-order valence-electron chi connectivity index (χ4n) is 2.97. The molecule has 2 aromatic rings. The van der Waals surface area contributed by atoms with Gasteiger partial charge in [0, 0.05) is 25.5 Å². The molecule has 0 unspecified atom stereocenters. The molecule has 1 aliphatic heterocycles. The summed E-state index contributed by atoms with van der Waals surface area (Å²) in [5.74, 6) is -0.564. The van der Waals surface area contributed by atoms with Crippen LogP contribution in [-0.4, -0.2) is 42.1 Å². The van der Waals surface area contributed by atoms with Crippen LogP contribution in [0.4, 0.5) is 4.39 Å². The summed E-state index contributed by atoms with van der Waals surface area (Å²) in [6, 6.07) is 8.53. The molecule has 24 heavy (non-hydrogen) atoms. The maximum absolute atomic E-state index is 13.0. The van der Waals surface area contributed by atoms with Gasteiger partial charge in [-0.2, -0.15) is 0 Å². The van der Waals surface area contributed by atoms with E-state index in [2.05, 4.69) is 0 Å². The first-order chi connectivity index (χ1) is 11.5. The van der Waals surface area contributed by atoms with E-state index < -0.39 is 20.9 Å². The standard InChI is InChI=1S/C17H19FN2O3S/c18-14-5-7-15(8-6-14)24(22,23)16-4-3-11-20(12-16)17(21)13-19-9-1-2-10-19/h1-2,5-10,16H,3-4,11-13H2/t16-/m0/s1. The first kappa shape index (κ1) is 16.7. The molecule has 1 amide bonds. The van der Waals surface area contributed by atoms with Crippen LogP contribution in [0.2, 0.25) is 0 Å². The second-order valence-electron chi connectivity index (χ2n) is 5.96. The molecule has 7 heteroatoms. The number of aromatic nitrogens is 1. The second kappa shape index (κ2) is 6.76. The Hall–Kier alpha value is -2.15. The van der Waals surface area contributed by atoms with Crippen molar-refractivity contribution in [2.45, 2.75) is 29.5 Å². The van der Waals surface area contributed by atoms with Gasteiger partial charge >= 0.3 is 0 Å². The number of nitrogens with zero attached hydrogens (tertiary/aromatic N) is 2. The largest absolute Gasteiger partial charge is 0.345 e. The van der Waals surface area contributed by atoms with Crippen LogP contribution in [0, 0.1) is 5.82 Å². The summed E-state index contributed by atoms with van der Waals surface area (Å²) in [5, 5.41) is -0.648. The minimum atomic E-state index is -3.57. The van der Waals surface area contributed by atoms with Crippen molar-refractivity contribution in [2.24, 2.45) is 0 Å². The fourth-order valence-corrected chi connectivity index (χ4v) is 4.72. The highest BCUT2D eigenvalue weighted by molar-refractivity contribution is 7.92. The zero-order valence-corrected chi connectivity index (χ0v) is 14.0. The number of amides is 1. The Morgan fingerprint density at radius 2 is 1.83 bits per heavy atom. The summed E-state index contributed by atoms with van der Waals surface area (Å²) in [5.41, 5.74) is 0. The number of hydrogen-bond acceptors (Lipinski definition) is 3. The third-order valence-corrected chi connectivity index (χ3v) is 6.49. The first-order valence-corrected chi connectivity index (χ1v) is 9.39. The maximum Gasteiger partial charge on any atom is 0.242 e. The van der Waals surface area contributed by atoms with Crippen molar-refractivity contribution < 1.29 is 17.6 Å². The smallest absolute Gasteiger partial charge is 0.242 e. The van der Waals surface area contributed by atoms with Crippen molar-refractivity contribution in [1.29, 1.82) is 0 Å². The summed E-state index contributed by atoms with van der Waals surface area (Å²) in [7, 11) is -3.57. The van der Waals surface area contributed by atoms with Crippen LogP contribution < -0.4 is 0 Å². The van der Waals surface area contributed by atoms with Gasteiger partial charge < -0.3 is 9.47 Å². The molecule has 0 aliphatic carbocycles. The molecule has 1 atom stereocenters. The minimum absolute atomic E-state index is 0.0924. The van der Waals surface area contributed by atoms with Gasteiger partial charge in [-0.25, -0.2) is 12.8 Å². The lowest BCUT2D eigenvalue weighted by molar-refractivity contribution is -0.132. The van der Waals surface area contributed by atoms with Crippen molar-refractivity contribution in [3.8, 4) is 0 Å². The summed E-state index contributed by atoms with van der Waals surface area (Å²) < 4.78 is 40.2. The molecule has 0 saturated carbocycles. The van der Waals surface area contributed by atoms with Crippen molar-refractivity contribution >= 4 is 15.7 Å². The molecule has 0 spiro atoms. The van der Waals surface area contributed by atoms with E-state index in [1.165, 1.54) is 12.1 Å². The average Bonchev–Trinajstić information content (AvgIpc) is 3.08. The van der Waals surface area contributed by atoms with Crippen molar-refractivity contribution in [1.82, 2.24) is 9.47 Å². The van der Waals surface area contributed by atoms with Crippen LogP contribution in [0.1, 0.15) is 12.8 Å². The lowest BCUT2D eigenvalue weighted by Crippen LogP contribution is -2.46. The number of likely N-dealkylation sites (tertiary alicyclic amines) is 1.